The Balaban J connectivity index is 1.53. The lowest BCUT2D eigenvalue weighted by Gasteiger charge is -2.14. The molecule has 2 N–H and O–H groups in total. The van der Waals surface area contributed by atoms with Gasteiger partial charge in [-0.2, -0.15) is 0 Å². The SMILES string of the molecule is Cc1ccccc1C(=O)NNC(=O)CCN1C(=O)C(=Cc2cccc(Br)c2)SC1=S. The smallest absolute Gasteiger partial charge is 0.269 e. The molecule has 0 saturated carbocycles. The van der Waals surface area contributed by atoms with E-state index in [0.29, 0.717) is 14.8 Å². The van der Waals surface area contributed by atoms with Crippen LogP contribution in [0.2, 0.25) is 0 Å². The molecule has 0 bridgehead atoms. The summed E-state index contributed by atoms with van der Waals surface area (Å²) < 4.78 is 1.31. The first-order valence-corrected chi connectivity index (χ1v) is 11.0. The largest absolute Gasteiger partial charge is 0.292 e. The maximum Gasteiger partial charge on any atom is 0.269 e. The maximum absolute atomic E-state index is 12.6. The summed E-state index contributed by atoms with van der Waals surface area (Å²) in [5.74, 6) is -1.05. The van der Waals surface area contributed by atoms with Crippen molar-refractivity contribution in [2.45, 2.75) is 13.3 Å². The zero-order valence-electron chi connectivity index (χ0n) is 16.0. The highest BCUT2D eigenvalue weighted by molar-refractivity contribution is 9.10. The number of aryl methyl sites for hydroxylation is 1. The lowest BCUT2D eigenvalue weighted by molar-refractivity contribution is -0.124. The van der Waals surface area contributed by atoms with Crippen molar-refractivity contribution in [3.05, 3.63) is 74.6 Å². The van der Waals surface area contributed by atoms with Crippen LogP contribution in [0.3, 0.4) is 0 Å². The molecular formula is C21H18BrN3O3S2. The average molecular weight is 504 g/mol. The minimum absolute atomic E-state index is 0.00462. The number of thiocarbonyl (C=S) groups is 1. The Kier molecular flexibility index (Phi) is 7.41. The number of rotatable bonds is 5. The van der Waals surface area contributed by atoms with E-state index in [2.05, 4.69) is 26.8 Å². The molecule has 3 amide bonds. The van der Waals surface area contributed by atoms with Crippen molar-refractivity contribution < 1.29 is 14.4 Å². The zero-order chi connectivity index (χ0) is 21.7. The highest BCUT2D eigenvalue weighted by Gasteiger charge is 2.32. The number of thioether (sulfide) groups is 1. The van der Waals surface area contributed by atoms with Crippen LogP contribution in [0.4, 0.5) is 0 Å². The van der Waals surface area contributed by atoms with Crippen molar-refractivity contribution in [2.24, 2.45) is 0 Å². The van der Waals surface area contributed by atoms with Gasteiger partial charge in [-0.1, -0.05) is 70.2 Å². The van der Waals surface area contributed by atoms with Crippen LogP contribution in [0.15, 0.2) is 57.9 Å². The van der Waals surface area contributed by atoms with Crippen molar-refractivity contribution in [1.82, 2.24) is 15.8 Å². The summed E-state index contributed by atoms with van der Waals surface area (Å²) in [7, 11) is 0. The minimum atomic E-state index is -0.415. The van der Waals surface area contributed by atoms with Crippen molar-refractivity contribution in [3.63, 3.8) is 0 Å². The highest BCUT2D eigenvalue weighted by Crippen LogP contribution is 2.32. The molecule has 2 aromatic rings. The number of nitrogens with one attached hydrogen (secondary N) is 2. The fourth-order valence-electron chi connectivity index (χ4n) is 2.74. The van der Waals surface area contributed by atoms with E-state index in [9.17, 15) is 14.4 Å². The predicted molar refractivity (Wildman–Crippen MR) is 125 cm³/mol. The van der Waals surface area contributed by atoms with E-state index in [4.69, 9.17) is 12.2 Å². The third kappa shape index (κ3) is 5.56. The number of hydrazine groups is 1. The van der Waals surface area contributed by atoms with Crippen LogP contribution in [-0.4, -0.2) is 33.5 Å². The van der Waals surface area contributed by atoms with Gasteiger partial charge in [0.15, 0.2) is 0 Å². The zero-order valence-corrected chi connectivity index (χ0v) is 19.2. The van der Waals surface area contributed by atoms with Crippen LogP contribution >= 0.6 is 39.9 Å². The van der Waals surface area contributed by atoms with Crippen molar-refractivity contribution in [3.8, 4) is 0 Å². The van der Waals surface area contributed by atoms with Crippen molar-refractivity contribution >= 4 is 68.0 Å². The monoisotopic (exact) mass is 503 g/mol. The highest BCUT2D eigenvalue weighted by atomic mass is 79.9. The Morgan fingerprint density at radius 2 is 1.93 bits per heavy atom. The van der Waals surface area contributed by atoms with Gasteiger partial charge in [0.25, 0.3) is 11.8 Å². The van der Waals surface area contributed by atoms with Gasteiger partial charge in [-0.25, -0.2) is 0 Å². The van der Waals surface area contributed by atoms with E-state index in [1.54, 1.807) is 18.2 Å². The van der Waals surface area contributed by atoms with E-state index in [0.717, 1.165) is 15.6 Å². The standard InChI is InChI=1S/C21H18BrN3O3S2/c1-13-5-2-3-8-16(13)19(27)24-23-18(26)9-10-25-20(28)17(30-21(25)29)12-14-6-4-7-15(22)11-14/h2-8,11-12H,9-10H2,1H3,(H,23,26)(H,24,27). The molecule has 0 aromatic heterocycles. The molecule has 1 aliphatic rings. The molecule has 0 atom stereocenters. The minimum Gasteiger partial charge on any atom is -0.292 e. The first-order chi connectivity index (χ1) is 14.3. The van der Waals surface area contributed by atoms with E-state index in [-0.39, 0.29) is 18.9 Å². The molecule has 0 unspecified atom stereocenters. The van der Waals surface area contributed by atoms with Crippen molar-refractivity contribution in [2.75, 3.05) is 6.54 Å². The molecule has 1 heterocycles. The van der Waals surface area contributed by atoms with Crippen LogP contribution in [0.25, 0.3) is 6.08 Å². The van der Waals surface area contributed by atoms with E-state index in [1.165, 1.54) is 16.7 Å². The molecule has 0 aliphatic carbocycles. The third-order valence-electron chi connectivity index (χ3n) is 4.29. The molecule has 2 aromatic carbocycles. The van der Waals surface area contributed by atoms with Gasteiger partial charge in [0.05, 0.1) is 4.91 Å². The summed E-state index contributed by atoms with van der Waals surface area (Å²) in [6.45, 7) is 1.94. The van der Waals surface area contributed by atoms with Crippen LogP contribution < -0.4 is 10.9 Å². The van der Waals surface area contributed by atoms with Gasteiger partial charge in [0, 0.05) is 23.0 Å². The average Bonchev–Trinajstić information content (AvgIpc) is 2.97. The molecule has 9 heteroatoms. The molecule has 1 saturated heterocycles. The van der Waals surface area contributed by atoms with Crippen LogP contribution in [-0.2, 0) is 9.59 Å². The number of hydrogen-bond donors (Lipinski definition) is 2. The summed E-state index contributed by atoms with van der Waals surface area (Å²) in [4.78, 5) is 38.8. The molecule has 0 spiro atoms. The molecule has 1 fully saturated rings. The second-order valence-electron chi connectivity index (χ2n) is 6.46. The first-order valence-electron chi connectivity index (χ1n) is 9.01. The van der Waals surface area contributed by atoms with E-state index in [1.807, 2.05) is 43.3 Å². The molecule has 1 aliphatic heterocycles. The van der Waals surface area contributed by atoms with E-state index >= 15 is 0 Å². The number of nitrogens with zero attached hydrogens (tertiary/aromatic N) is 1. The number of amides is 3. The Morgan fingerprint density at radius 3 is 2.67 bits per heavy atom. The molecule has 3 rings (SSSR count). The third-order valence-corrected chi connectivity index (χ3v) is 6.16. The van der Waals surface area contributed by atoms with Gasteiger partial charge in [-0.15, -0.1) is 0 Å². The summed E-state index contributed by atoms with van der Waals surface area (Å²) in [5, 5.41) is 0. The maximum atomic E-state index is 12.6. The number of halogens is 1. The number of carbonyl (C=O) groups excluding carboxylic acids is 3. The molecule has 6 nitrogen and oxygen atoms in total. The number of carbonyl (C=O) groups is 3. The molecule has 30 heavy (non-hydrogen) atoms. The number of benzene rings is 2. The molecular weight excluding hydrogens is 486 g/mol. The summed E-state index contributed by atoms with van der Waals surface area (Å²) in [5.41, 5.74) is 6.92. The van der Waals surface area contributed by atoms with Crippen LogP contribution in [0.1, 0.15) is 27.9 Å². The topological polar surface area (TPSA) is 78.5 Å². The normalized spacial score (nSPS) is 14.9. The quantitative estimate of drug-likeness (QED) is 0.368. The molecule has 0 radical (unpaired) electrons. The second-order valence-corrected chi connectivity index (χ2v) is 9.05. The predicted octanol–water partition coefficient (Wildman–Crippen LogP) is 3.81. The lowest BCUT2D eigenvalue weighted by atomic mass is 10.1. The number of hydrogen-bond acceptors (Lipinski definition) is 5. The Morgan fingerprint density at radius 1 is 1.17 bits per heavy atom. The summed E-state index contributed by atoms with van der Waals surface area (Å²) in [6, 6.07) is 14.6. The molecule has 154 valence electrons. The van der Waals surface area contributed by atoms with Gasteiger partial charge in [-0.3, -0.25) is 30.1 Å². The van der Waals surface area contributed by atoms with Gasteiger partial charge in [0.2, 0.25) is 5.91 Å². The van der Waals surface area contributed by atoms with Gasteiger partial charge >= 0.3 is 0 Å². The first kappa shape index (κ1) is 22.2. The van der Waals surface area contributed by atoms with E-state index < -0.39 is 11.8 Å². The van der Waals surface area contributed by atoms with Gasteiger partial charge in [-0.05, 0) is 42.3 Å². The lowest BCUT2D eigenvalue weighted by Crippen LogP contribution is -2.43. The fraction of sp³-hybridized carbons (Fsp3) is 0.143. The Bertz CT molecular complexity index is 1060. The Hall–Kier alpha value is -2.49. The van der Waals surface area contributed by atoms with Crippen LogP contribution in [0, 0.1) is 6.92 Å². The van der Waals surface area contributed by atoms with Crippen molar-refractivity contribution in [1.29, 1.82) is 0 Å². The Labute approximate surface area is 192 Å². The summed E-state index contributed by atoms with van der Waals surface area (Å²) in [6.07, 6.45) is 1.78. The second kappa shape index (κ2) is 10.0. The van der Waals surface area contributed by atoms with Gasteiger partial charge < -0.3 is 0 Å². The fourth-order valence-corrected chi connectivity index (χ4v) is 4.46. The van der Waals surface area contributed by atoms with Crippen LogP contribution in [0.5, 0.6) is 0 Å². The van der Waals surface area contributed by atoms with Gasteiger partial charge in [0.1, 0.15) is 4.32 Å². The summed E-state index contributed by atoms with van der Waals surface area (Å²) >= 11 is 9.90.